The molecular formula is C19H40N4O8. The van der Waals surface area contributed by atoms with E-state index in [-0.39, 0.29) is 24.4 Å². The van der Waals surface area contributed by atoms with Crippen molar-refractivity contribution in [2.75, 3.05) is 13.1 Å². The molecule has 1 heterocycles. The van der Waals surface area contributed by atoms with E-state index in [2.05, 4.69) is 11.1 Å². The maximum Gasteiger partial charge on any atom is 0.320 e. The molecule has 11 N–H and O–H groups in total. The molecule has 0 unspecified atom stereocenters. The highest BCUT2D eigenvalue weighted by molar-refractivity contribution is 5.74. The number of carboxylic acid groups (broad SMARTS) is 4. The van der Waals surface area contributed by atoms with Gasteiger partial charge in [-0.25, -0.2) is 0 Å². The predicted molar refractivity (Wildman–Crippen MR) is 115 cm³/mol. The highest BCUT2D eigenvalue weighted by Gasteiger charge is 2.20. The number of rotatable bonds is 8. The van der Waals surface area contributed by atoms with Gasteiger partial charge in [-0.15, -0.1) is 0 Å². The lowest BCUT2D eigenvalue weighted by Crippen LogP contribution is -2.36. The third-order valence-electron chi connectivity index (χ3n) is 4.62. The Kier molecular flexibility index (Phi) is 21.2. The molecule has 12 heteroatoms. The summed E-state index contributed by atoms with van der Waals surface area (Å²) in [6.07, 6.45) is 3.41. The predicted octanol–water partition coefficient (Wildman–Crippen LogP) is -0.258. The monoisotopic (exact) mass is 452 g/mol. The van der Waals surface area contributed by atoms with Crippen LogP contribution in [0.25, 0.3) is 0 Å². The Hall–Kier alpha value is -2.28. The van der Waals surface area contributed by atoms with Gasteiger partial charge in [-0.2, -0.15) is 0 Å². The minimum Gasteiger partial charge on any atom is -0.480 e. The van der Waals surface area contributed by atoms with Gasteiger partial charge in [0.15, 0.2) is 0 Å². The molecule has 1 aliphatic heterocycles. The van der Waals surface area contributed by atoms with E-state index in [0.29, 0.717) is 0 Å². The Morgan fingerprint density at radius 3 is 1.35 bits per heavy atom. The molecule has 1 fully saturated rings. The molecule has 12 nitrogen and oxygen atoms in total. The summed E-state index contributed by atoms with van der Waals surface area (Å²) in [5.41, 5.74) is 15.1. The van der Waals surface area contributed by atoms with Crippen LogP contribution in [-0.2, 0) is 19.2 Å². The zero-order valence-corrected chi connectivity index (χ0v) is 18.8. The Morgan fingerprint density at radius 2 is 1.26 bits per heavy atom. The minimum atomic E-state index is -0.968. The fraction of sp³-hybridized carbons (Fsp3) is 0.789. The van der Waals surface area contributed by atoms with Gasteiger partial charge in [-0.3, -0.25) is 19.2 Å². The molecule has 1 rings (SSSR count). The first-order chi connectivity index (χ1) is 14.3. The van der Waals surface area contributed by atoms with Gasteiger partial charge < -0.3 is 42.9 Å². The Bertz CT molecular complexity index is 501. The van der Waals surface area contributed by atoms with Crippen molar-refractivity contribution in [3.05, 3.63) is 0 Å². The van der Waals surface area contributed by atoms with E-state index in [1.807, 2.05) is 27.7 Å². The standard InChI is InChI=1S/2C6H13NO2.C5H9NO2.C2H5NO2/c2*1-3-4(2)5(7)6(8)9;7-5(8)4-2-1-3-6-4;3-1-2(4)5/h2*4-5H,3,7H2,1-2H3,(H,8,9);4,6H,1-3H2,(H,7,8);1,3H2,(H,4,5)/t2*4-,5-;4-;/m000./s1. The summed E-state index contributed by atoms with van der Waals surface area (Å²) in [4.78, 5) is 39.7. The van der Waals surface area contributed by atoms with Crippen LogP contribution in [0, 0.1) is 11.8 Å². The van der Waals surface area contributed by atoms with Gasteiger partial charge in [0.2, 0.25) is 0 Å². The van der Waals surface area contributed by atoms with E-state index in [9.17, 15) is 19.2 Å². The Morgan fingerprint density at radius 1 is 0.903 bits per heavy atom. The normalized spacial score (nSPS) is 18.2. The van der Waals surface area contributed by atoms with Crippen molar-refractivity contribution < 1.29 is 39.6 Å². The summed E-state index contributed by atoms with van der Waals surface area (Å²) >= 11 is 0. The molecule has 31 heavy (non-hydrogen) atoms. The molecule has 0 aromatic carbocycles. The molecule has 0 amide bonds. The molecule has 0 aromatic rings. The van der Waals surface area contributed by atoms with Gasteiger partial charge in [-0.05, 0) is 31.2 Å². The fourth-order valence-corrected chi connectivity index (χ4v) is 1.89. The maximum absolute atomic E-state index is 10.2. The molecule has 0 saturated carbocycles. The lowest BCUT2D eigenvalue weighted by molar-refractivity contribution is -0.140. The maximum atomic E-state index is 10.2. The van der Waals surface area contributed by atoms with Crippen molar-refractivity contribution >= 4 is 23.9 Å². The number of carbonyl (C=O) groups is 4. The Labute approximate surface area is 183 Å². The summed E-state index contributed by atoms with van der Waals surface area (Å²) in [5, 5.41) is 35.5. The van der Waals surface area contributed by atoms with E-state index in [4.69, 9.17) is 31.9 Å². The van der Waals surface area contributed by atoms with Crippen LogP contribution >= 0.6 is 0 Å². The first-order valence-electron chi connectivity index (χ1n) is 10.1. The molecule has 0 spiro atoms. The summed E-state index contributed by atoms with van der Waals surface area (Å²) in [7, 11) is 0. The molecular weight excluding hydrogens is 412 g/mol. The number of hydrogen-bond acceptors (Lipinski definition) is 8. The van der Waals surface area contributed by atoms with Gasteiger partial charge >= 0.3 is 23.9 Å². The van der Waals surface area contributed by atoms with Crippen LogP contribution in [0.3, 0.4) is 0 Å². The summed E-state index contributed by atoms with van der Waals surface area (Å²) in [5.74, 6) is -3.37. The van der Waals surface area contributed by atoms with E-state index in [1.54, 1.807) is 0 Å². The largest absolute Gasteiger partial charge is 0.480 e. The van der Waals surface area contributed by atoms with Gasteiger partial charge in [-0.1, -0.05) is 40.5 Å². The second kappa shape index (κ2) is 19.7. The third-order valence-corrected chi connectivity index (χ3v) is 4.62. The number of aliphatic carboxylic acids is 4. The molecule has 0 radical (unpaired) electrons. The van der Waals surface area contributed by atoms with Crippen LogP contribution in [0.5, 0.6) is 0 Å². The van der Waals surface area contributed by atoms with Crippen LogP contribution < -0.4 is 22.5 Å². The molecule has 0 aromatic heterocycles. The van der Waals surface area contributed by atoms with E-state index in [0.717, 1.165) is 32.2 Å². The quantitative estimate of drug-likeness (QED) is 0.237. The molecule has 1 saturated heterocycles. The van der Waals surface area contributed by atoms with E-state index in [1.165, 1.54) is 0 Å². The fourth-order valence-electron chi connectivity index (χ4n) is 1.89. The highest BCUT2D eigenvalue weighted by atomic mass is 16.4. The van der Waals surface area contributed by atoms with Gasteiger partial charge in [0.05, 0.1) is 6.54 Å². The average molecular weight is 453 g/mol. The van der Waals surface area contributed by atoms with Crippen molar-refractivity contribution in [1.82, 2.24) is 5.32 Å². The lowest BCUT2D eigenvalue weighted by atomic mass is 10.0. The molecule has 5 atom stereocenters. The van der Waals surface area contributed by atoms with Crippen LogP contribution in [0.4, 0.5) is 0 Å². The lowest BCUT2D eigenvalue weighted by Gasteiger charge is -2.11. The van der Waals surface area contributed by atoms with Gasteiger partial charge in [0, 0.05) is 0 Å². The topological polar surface area (TPSA) is 239 Å². The van der Waals surface area contributed by atoms with Crippen molar-refractivity contribution in [3.63, 3.8) is 0 Å². The van der Waals surface area contributed by atoms with Gasteiger partial charge in [0.25, 0.3) is 0 Å². The number of nitrogens with one attached hydrogen (secondary N) is 1. The molecule has 0 aliphatic carbocycles. The highest BCUT2D eigenvalue weighted by Crippen LogP contribution is 2.05. The van der Waals surface area contributed by atoms with Crippen LogP contribution in [-0.4, -0.2) is 75.5 Å². The minimum absolute atomic E-state index is 0.0718. The number of carboxylic acids is 4. The summed E-state index contributed by atoms with van der Waals surface area (Å²) in [6.45, 7) is 8.09. The van der Waals surface area contributed by atoms with Crippen LogP contribution in [0.1, 0.15) is 53.4 Å². The number of hydrogen-bond donors (Lipinski definition) is 8. The average Bonchev–Trinajstić information content (AvgIpc) is 3.27. The van der Waals surface area contributed by atoms with E-state index < -0.39 is 36.0 Å². The van der Waals surface area contributed by atoms with Crippen molar-refractivity contribution in [3.8, 4) is 0 Å². The third kappa shape index (κ3) is 19.4. The van der Waals surface area contributed by atoms with E-state index >= 15 is 0 Å². The first-order valence-corrected chi connectivity index (χ1v) is 10.1. The molecule has 0 bridgehead atoms. The van der Waals surface area contributed by atoms with Crippen molar-refractivity contribution in [1.29, 1.82) is 0 Å². The summed E-state index contributed by atoms with van der Waals surface area (Å²) < 4.78 is 0. The zero-order chi connectivity index (χ0) is 25.1. The van der Waals surface area contributed by atoms with Crippen molar-refractivity contribution in [2.45, 2.75) is 71.5 Å². The second-order valence-corrected chi connectivity index (χ2v) is 7.08. The second-order valence-electron chi connectivity index (χ2n) is 7.08. The van der Waals surface area contributed by atoms with Crippen LogP contribution in [0.15, 0.2) is 0 Å². The number of nitrogens with two attached hydrogens (primary N) is 3. The molecule has 1 aliphatic rings. The SMILES string of the molecule is CC[C@H](C)[C@H](N)C(=O)O.CC[C@H](C)[C@H](N)C(=O)O.NCC(=O)O.O=C(O)[C@@H]1CCCN1. The van der Waals surface area contributed by atoms with Crippen molar-refractivity contribution in [2.24, 2.45) is 29.0 Å². The summed E-state index contributed by atoms with van der Waals surface area (Å²) in [6, 6.07) is -1.67. The zero-order valence-electron chi connectivity index (χ0n) is 18.8. The Balaban J connectivity index is -0.000000344. The molecule has 184 valence electrons. The van der Waals surface area contributed by atoms with Crippen LogP contribution in [0.2, 0.25) is 0 Å². The van der Waals surface area contributed by atoms with Gasteiger partial charge in [0.1, 0.15) is 18.1 Å². The first kappa shape index (κ1) is 33.4. The smallest absolute Gasteiger partial charge is 0.320 e.